The zero-order chi connectivity index (χ0) is 17.9. The van der Waals surface area contributed by atoms with Gasteiger partial charge in [0.05, 0.1) is 0 Å². The standard InChI is InChI=1S/C20H22N4O2/c1-15-5-6-18(26-15)17-4-2-3-16(13-17)14-23-9-11-24(12-10-23)19-20(25)22-8-7-21-19/h2-8,13H,9-12,14H2,1H3,(H,22,25). The molecule has 2 aromatic heterocycles. The molecule has 1 N–H and O–H groups in total. The number of H-pyrrole nitrogens is 1. The van der Waals surface area contributed by atoms with E-state index in [-0.39, 0.29) is 5.56 Å². The smallest absolute Gasteiger partial charge is 0.290 e. The lowest BCUT2D eigenvalue weighted by atomic mass is 10.1. The van der Waals surface area contributed by atoms with Crippen LogP contribution in [0.5, 0.6) is 0 Å². The first kappa shape index (κ1) is 16.6. The fourth-order valence-electron chi connectivity index (χ4n) is 3.36. The zero-order valence-corrected chi connectivity index (χ0v) is 14.8. The van der Waals surface area contributed by atoms with Crippen molar-refractivity contribution in [1.29, 1.82) is 0 Å². The molecule has 1 aliphatic rings. The van der Waals surface area contributed by atoms with Gasteiger partial charge in [0.2, 0.25) is 0 Å². The Labute approximate surface area is 152 Å². The molecule has 134 valence electrons. The Morgan fingerprint density at radius 3 is 2.73 bits per heavy atom. The van der Waals surface area contributed by atoms with Crippen LogP contribution in [-0.2, 0) is 6.54 Å². The van der Waals surface area contributed by atoms with E-state index >= 15 is 0 Å². The van der Waals surface area contributed by atoms with Crippen molar-refractivity contribution in [1.82, 2.24) is 14.9 Å². The number of furan rings is 1. The molecule has 0 unspecified atom stereocenters. The summed E-state index contributed by atoms with van der Waals surface area (Å²) in [4.78, 5) is 23.2. The first-order chi connectivity index (χ1) is 12.7. The van der Waals surface area contributed by atoms with E-state index < -0.39 is 0 Å². The molecule has 0 spiro atoms. The maximum atomic E-state index is 11.9. The summed E-state index contributed by atoms with van der Waals surface area (Å²) in [5.74, 6) is 2.34. The molecular weight excluding hydrogens is 328 g/mol. The maximum absolute atomic E-state index is 11.9. The summed E-state index contributed by atoms with van der Waals surface area (Å²) in [5, 5.41) is 0. The van der Waals surface area contributed by atoms with Gasteiger partial charge in [-0.25, -0.2) is 4.98 Å². The number of hydrogen-bond donors (Lipinski definition) is 1. The third-order valence-electron chi connectivity index (χ3n) is 4.72. The van der Waals surface area contributed by atoms with Crippen molar-refractivity contribution in [2.24, 2.45) is 0 Å². The average molecular weight is 350 g/mol. The van der Waals surface area contributed by atoms with E-state index in [0.29, 0.717) is 5.82 Å². The average Bonchev–Trinajstić information content (AvgIpc) is 3.10. The number of hydrogen-bond acceptors (Lipinski definition) is 5. The molecule has 26 heavy (non-hydrogen) atoms. The van der Waals surface area contributed by atoms with Crippen LogP contribution in [0.1, 0.15) is 11.3 Å². The second-order valence-electron chi connectivity index (χ2n) is 6.62. The highest BCUT2D eigenvalue weighted by Crippen LogP contribution is 2.23. The minimum absolute atomic E-state index is 0.123. The van der Waals surface area contributed by atoms with E-state index in [4.69, 9.17) is 4.42 Å². The quantitative estimate of drug-likeness (QED) is 0.784. The van der Waals surface area contributed by atoms with Gasteiger partial charge in [-0.2, -0.15) is 0 Å². The number of aromatic amines is 1. The first-order valence-electron chi connectivity index (χ1n) is 8.86. The molecule has 6 heteroatoms. The second-order valence-corrected chi connectivity index (χ2v) is 6.62. The molecule has 0 radical (unpaired) electrons. The Balaban J connectivity index is 1.40. The van der Waals surface area contributed by atoms with Gasteiger partial charge in [-0.3, -0.25) is 9.69 Å². The van der Waals surface area contributed by atoms with Crippen LogP contribution in [0.3, 0.4) is 0 Å². The van der Waals surface area contributed by atoms with E-state index in [1.165, 1.54) is 5.56 Å². The summed E-state index contributed by atoms with van der Waals surface area (Å²) in [6.45, 7) is 6.26. The number of piperazine rings is 1. The molecule has 0 amide bonds. The minimum atomic E-state index is -0.123. The van der Waals surface area contributed by atoms with Gasteiger partial charge < -0.3 is 14.3 Å². The number of benzene rings is 1. The normalized spacial score (nSPS) is 15.3. The third-order valence-corrected chi connectivity index (χ3v) is 4.72. The van der Waals surface area contributed by atoms with Crippen LogP contribution in [0.2, 0.25) is 0 Å². The zero-order valence-electron chi connectivity index (χ0n) is 14.8. The molecule has 6 nitrogen and oxygen atoms in total. The van der Waals surface area contributed by atoms with Crippen molar-refractivity contribution in [3.63, 3.8) is 0 Å². The Bertz CT molecular complexity index is 938. The molecule has 0 aliphatic carbocycles. The first-order valence-corrected chi connectivity index (χ1v) is 8.86. The molecule has 3 heterocycles. The fraction of sp³-hybridized carbons (Fsp3) is 0.300. The van der Waals surface area contributed by atoms with Crippen molar-refractivity contribution < 1.29 is 4.42 Å². The molecule has 1 saturated heterocycles. The number of aryl methyl sites for hydroxylation is 1. The number of nitrogens with one attached hydrogen (secondary N) is 1. The Morgan fingerprint density at radius 1 is 1.15 bits per heavy atom. The predicted octanol–water partition coefficient (Wildman–Crippen LogP) is 2.66. The van der Waals surface area contributed by atoms with E-state index in [1.54, 1.807) is 12.4 Å². The SMILES string of the molecule is Cc1ccc(-c2cccc(CN3CCN(c4ncc[nH]c4=O)CC3)c2)o1. The summed E-state index contributed by atoms with van der Waals surface area (Å²) in [6.07, 6.45) is 3.19. The van der Waals surface area contributed by atoms with Gasteiger partial charge in [0.1, 0.15) is 11.5 Å². The van der Waals surface area contributed by atoms with E-state index in [1.807, 2.05) is 19.1 Å². The maximum Gasteiger partial charge on any atom is 0.290 e. The summed E-state index contributed by atoms with van der Waals surface area (Å²) < 4.78 is 5.73. The third kappa shape index (κ3) is 3.55. The summed E-state index contributed by atoms with van der Waals surface area (Å²) >= 11 is 0. The van der Waals surface area contributed by atoms with Gasteiger partial charge in [-0.05, 0) is 30.7 Å². The van der Waals surface area contributed by atoms with Gasteiger partial charge >= 0.3 is 0 Å². The van der Waals surface area contributed by atoms with E-state index in [9.17, 15) is 4.79 Å². The minimum Gasteiger partial charge on any atom is -0.461 e. The molecule has 1 aromatic carbocycles. The highest BCUT2D eigenvalue weighted by molar-refractivity contribution is 5.58. The Kier molecular flexibility index (Phi) is 4.58. The highest BCUT2D eigenvalue weighted by Gasteiger charge is 2.20. The molecule has 4 rings (SSSR count). The molecule has 1 fully saturated rings. The van der Waals surface area contributed by atoms with Crippen molar-refractivity contribution in [3.05, 3.63) is 70.5 Å². The number of aromatic nitrogens is 2. The van der Waals surface area contributed by atoms with Crippen LogP contribution >= 0.6 is 0 Å². The predicted molar refractivity (Wildman–Crippen MR) is 101 cm³/mol. The molecule has 1 aliphatic heterocycles. The lowest BCUT2D eigenvalue weighted by Gasteiger charge is -2.34. The summed E-state index contributed by atoms with van der Waals surface area (Å²) in [5.41, 5.74) is 2.25. The monoisotopic (exact) mass is 350 g/mol. The van der Waals surface area contributed by atoms with Crippen molar-refractivity contribution in [2.45, 2.75) is 13.5 Å². The van der Waals surface area contributed by atoms with Crippen molar-refractivity contribution >= 4 is 5.82 Å². The highest BCUT2D eigenvalue weighted by atomic mass is 16.3. The van der Waals surface area contributed by atoms with Gasteiger partial charge in [0.25, 0.3) is 5.56 Å². The number of anilines is 1. The molecule has 0 bridgehead atoms. The Morgan fingerprint density at radius 2 is 2.00 bits per heavy atom. The van der Waals surface area contributed by atoms with Crippen LogP contribution in [0.4, 0.5) is 5.82 Å². The number of rotatable bonds is 4. The molecule has 3 aromatic rings. The van der Waals surface area contributed by atoms with Crippen LogP contribution in [0.15, 0.2) is 58.0 Å². The molecule has 0 saturated carbocycles. The van der Waals surface area contributed by atoms with Crippen LogP contribution in [-0.4, -0.2) is 41.0 Å². The number of nitrogens with zero attached hydrogens (tertiary/aromatic N) is 3. The fourth-order valence-corrected chi connectivity index (χ4v) is 3.36. The second kappa shape index (κ2) is 7.17. The van der Waals surface area contributed by atoms with Gasteiger partial charge in [0.15, 0.2) is 5.82 Å². The van der Waals surface area contributed by atoms with E-state index in [2.05, 4.69) is 44.0 Å². The summed E-state index contributed by atoms with van der Waals surface area (Å²) in [7, 11) is 0. The largest absolute Gasteiger partial charge is 0.461 e. The van der Waals surface area contributed by atoms with Gasteiger partial charge in [-0.15, -0.1) is 0 Å². The molecular formula is C20H22N4O2. The summed E-state index contributed by atoms with van der Waals surface area (Å²) in [6, 6.07) is 12.5. The Hall–Kier alpha value is -2.86. The lowest BCUT2D eigenvalue weighted by Crippen LogP contribution is -2.47. The molecule has 0 atom stereocenters. The van der Waals surface area contributed by atoms with Gasteiger partial charge in [-0.1, -0.05) is 18.2 Å². The van der Waals surface area contributed by atoms with Crippen molar-refractivity contribution in [2.75, 3.05) is 31.1 Å². The van der Waals surface area contributed by atoms with E-state index in [0.717, 1.165) is 49.8 Å². The van der Waals surface area contributed by atoms with Crippen molar-refractivity contribution in [3.8, 4) is 11.3 Å². The van der Waals surface area contributed by atoms with Crippen LogP contribution < -0.4 is 10.5 Å². The van der Waals surface area contributed by atoms with Crippen LogP contribution in [0.25, 0.3) is 11.3 Å². The topological polar surface area (TPSA) is 65.4 Å². The lowest BCUT2D eigenvalue weighted by molar-refractivity contribution is 0.249. The van der Waals surface area contributed by atoms with Gasteiger partial charge in [0, 0.05) is 50.7 Å². The van der Waals surface area contributed by atoms with Crippen LogP contribution in [0, 0.1) is 6.92 Å².